The Hall–Kier alpha value is -2.36. The average molecular weight is 272 g/mol. The number of halogens is 1. The molecule has 2 aromatic rings. The van der Waals surface area contributed by atoms with Gasteiger partial charge in [-0.1, -0.05) is 24.3 Å². The Labute approximate surface area is 117 Å². The highest BCUT2D eigenvalue weighted by molar-refractivity contribution is 5.94. The summed E-state index contributed by atoms with van der Waals surface area (Å²) in [7, 11) is 0. The maximum absolute atomic E-state index is 13.9. The van der Waals surface area contributed by atoms with E-state index in [9.17, 15) is 4.39 Å². The van der Waals surface area contributed by atoms with E-state index in [0.717, 1.165) is 16.9 Å². The van der Waals surface area contributed by atoms with Crippen molar-refractivity contribution in [3.8, 4) is 5.75 Å². The van der Waals surface area contributed by atoms with E-state index in [1.807, 2.05) is 32.0 Å². The van der Waals surface area contributed by atoms with Gasteiger partial charge in [-0.25, -0.2) is 4.39 Å². The van der Waals surface area contributed by atoms with Crippen LogP contribution in [0.5, 0.6) is 5.75 Å². The smallest absolute Gasteiger partial charge is 0.130 e. The predicted octanol–water partition coefficient (Wildman–Crippen LogP) is 3.31. The number of nitrogens with one attached hydrogen (secondary N) is 1. The Morgan fingerprint density at radius 3 is 2.65 bits per heavy atom. The van der Waals surface area contributed by atoms with Crippen LogP contribution in [-0.2, 0) is 6.61 Å². The zero-order valence-electron chi connectivity index (χ0n) is 11.5. The second-order valence-electron chi connectivity index (χ2n) is 4.71. The molecule has 0 radical (unpaired) electrons. The Bertz CT molecular complexity index is 653. The quantitative estimate of drug-likeness (QED) is 0.662. The van der Waals surface area contributed by atoms with Crippen LogP contribution in [0.2, 0.25) is 0 Å². The van der Waals surface area contributed by atoms with E-state index in [-0.39, 0.29) is 12.4 Å². The number of amidine groups is 1. The average Bonchev–Trinajstić information content (AvgIpc) is 2.41. The van der Waals surface area contributed by atoms with Crippen molar-refractivity contribution in [2.75, 3.05) is 0 Å². The molecule has 0 atom stereocenters. The van der Waals surface area contributed by atoms with E-state index in [2.05, 4.69) is 0 Å². The zero-order valence-corrected chi connectivity index (χ0v) is 11.5. The minimum Gasteiger partial charge on any atom is -0.489 e. The molecule has 4 heteroatoms. The van der Waals surface area contributed by atoms with Crippen LogP contribution in [0.25, 0.3) is 0 Å². The molecule has 0 fully saturated rings. The van der Waals surface area contributed by atoms with Gasteiger partial charge >= 0.3 is 0 Å². The van der Waals surface area contributed by atoms with E-state index in [0.29, 0.717) is 11.1 Å². The molecule has 3 nitrogen and oxygen atoms in total. The van der Waals surface area contributed by atoms with Gasteiger partial charge in [0.25, 0.3) is 0 Å². The SMILES string of the molecule is Cc1cccc(OCc2ccc(C(=N)N)cc2F)c1C. The third-order valence-corrected chi connectivity index (χ3v) is 3.30. The second-order valence-corrected chi connectivity index (χ2v) is 4.71. The van der Waals surface area contributed by atoms with Gasteiger partial charge in [-0.3, -0.25) is 5.41 Å². The van der Waals surface area contributed by atoms with Crippen LogP contribution in [-0.4, -0.2) is 5.84 Å². The summed E-state index contributed by atoms with van der Waals surface area (Å²) in [6.07, 6.45) is 0. The van der Waals surface area contributed by atoms with Crippen molar-refractivity contribution in [1.82, 2.24) is 0 Å². The molecule has 0 saturated heterocycles. The fraction of sp³-hybridized carbons (Fsp3) is 0.188. The van der Waals surface area contributed by atoms with E-state index in [4.69, 9.17) is 15.9 Å². The maximum atomic E-state index is 13.9. The Kier molecular flexibility index (Phi) is 4.03. The Balaban J connectivity index is 2.15. The lowest BCUT2D eigenvalue weighted by Crippen LogP contribution is -2.12. The molecule has 0 aromatic heterocycles. The van der Waals surface area contributed by atoms with Crippen LogP contribution in [0.1, 0.15) is 22.3 Å². The molecule has 0 aliphatic carbocycles. The summed E-state index contributed by atoms with van der Waals surface area (Å²) in [6.45, 7) is 4.12. The molecule has 0 heterocycles. The maximum Gasteiger partial charge on any atom is 0.130 e. The van der Waals surface area contributed by atoms with Gasteiger partial charge in [0.2, 0.25) is 0 Å². The van der Waals surface area contributed by atoms with Gasteiger partial charge in [0.1, 0.15) is 24.0 Å². The van der Waals surface area contributed by atoms with Gasteiger partial charge in [0, 0.05) is 11.1 Å². The van der Waals surface area contributed by atoms with Crippen LogP contribution in [0, 0.1) is 25.1 Å². The first-order valence-corrected chi connectivity index (χ1v) is 6.31. The molecule has 2 rings (SSSR count). The standard InChI is InChI=1S/C16H17FN2O/c1-10-4-3-5-15(11(10)2)20-9-13-7-6-12(16(18)19)8-14(13)17/h3-8H,9H2,1-2H3,(H3,18,19). The second kappa shape index (κ2) is 5.74. The Morgan fingerprint density at radius 1 is 1.25 bits per heavy atom. The van der Waals surface area contributed by atoms with Gasteiger partial charge < -0.3 is 10.5 Å². The number of nitrogen functional groups attached to an aromatic ring is 1. The highest BCUT2D eigenvalue weighted by atomic mass is 19.1. The lowest BCUT2D eigenvalue weighted by molar-refractivity contribution is 0.297. The molecule has 0 unspecified atom stereocenters. The van der Waals surface area contributed by atoms with E-state index in [1.165, 1.54) is 6.07 Å². The molecular formula is C16H17FN2O. The number of benzene rings is 2. The Morgan fingerprint density at radius 2 is 2.00 bits per heavy atom. The summed E-state index contributed by atoms with van der Waals surface area (Å²) >= 11 is 0. The molecule has 0 saturated carbocycles. The summed E-state index contributed by atoms with van der Waals surface area (Å²) < 4.78 is 19.5. The van der Waals surface area contributed by atoms with Crippen molar-refractivity contribution < 1.29 is 9.13 Å². The van der Waals surface area contributed by atoms with Crippen LogP contribution >= 0.6 is 0 Å². The summed E-state index contributed by atoms with van der Waals surface area (Å²) in [5, 5.41) is 7.27. The lowest BCUT2D eigenvalue weighted by Gasteiger charge is -2.11. The van der Waals surface area contributed by atoms with Crippen LogP contribution in [0.15, 0.2) is 36.4 Å². The lowest BCUT2D eigenvalue weighted by atomic mass is 10.1. The minimum atomic E-state index is -0.414. The first-order valence-electron chi connectivity index (χ1n) is 6.31. The fourth-order valence-corrected chi connectivity index (χ4v) is 1.87. The van der Waals surface area contributed by atoms with Gasteiger partial charge in [0.05, 0.1) is 0 Å². The highest BCUT2D eigenvalue weighted by Gasteiger charge is 2.07. The summed E-state index contributed by atoms with van der Waals surface area (Å²) in [6, 6.07) is 10.2. The molecule has 3 N–H and O–H groups in total. The molecule has 0 bridgehead atoms. The van der Waals surface area contributed by atoms with Crippen molar-refractivity contribution in [3.05, 3.63) is 64.5 Å². The zero-order chi connectivity index (χ0) is 14.7. The molecule has 0 spiro atoms. The molecule has 0 aliphatic heterocycles. The van der Waals surface area contributed by atoms with Crippen molar-refractivity contribution in [2.24, 2.45) is 5.73 Å². The number of ether oxygens (including phenoxy) is 1. The van der Waals surface area contributed by atoms with Gasteiger partial charge in [-0.2, -0.15) is 0 Å². The van der Waals surface area contributed by atoms with Crippen molar-refractivity contribution in [1.29, 1.82) is 5.41 Å². The highest BCUT2D eigenvalue weighted by Crippen LogP contribution is 2.22. The van der Waals surface area contributed by atoms with E-state index >= 15 is 0 Å². The van der Waals surface area contributed by atoms with Crippen LogP contribution in [0.4, 0.5) is 4.39 Å². The third-order valence-electron chi connectivity index (χ3n) is 3.30. The normalized spacial score (nSPS) is 10.3. The van der Waals surface area contributed by atoms with E-state index in [1.54, 1.807) is 12.1 Å². The minimum absolute atomic E-state index is 0.147. The predicted molar refractivity (Wildman–Crippen MR) is 77.7 cm³/mol. The monoisotopic (exact) mass is 272 g/mol. The molecular weight excluding hydrogens is 255 g/mol. The summed E-state index contributed by atoms with van der Waals surface area (Å²) in [5.74, 6) is 0.189. The largest absolute Gasteiger partial charge is 0.489 e. The van der Waals surface area contributed by atoms with Crippen LogP contribution in [0.3, 0.4) is 0 Å². The van der Waals surface area contributed by atoms with Crippen molar-refractivity contribution in [3.63, 3.8) is 0 Å². The number of hydrogen-bond acceptors (Lipinski definition) is 2. The third kappa shape index (κ3) is 2.96. The number of nitrogens with two attached hydrogens (primary N) is 1. The summed E-state index contributed by atoms with van der Waals surface area (Å²) in [5.41, 5.74) is 8.32. The molecule has 104 valence electrons. The van der Waals surface area contributed by atoms with Gasteiger partial charge in [0.15, 0.2) is 0 Å². The van der Waals surface area contributed by atoms with Crippen LogP contribution < -0.4 is 10.5 Å². The molecule has 2 aromatic carbocycles. The molecule has 0 aliphatic rings. The molecule has 20 heavy (non-hydrogen) atoms. The summed E-state index contributed by atoms with van der Waals surface area (Å²) in [4.78, 5) is 0. The number of rotatable bonds is 4. The topological polar surface area (TPSA) is 59.1 Å². The van der Waals surface area contributed by atoms with Crippen molar-refractivity contribution in [2.45, 2.75) is 20.5 Å². The van der Waals surface area contributed by atoms with Gasteiger partial charge in [-0.15, -0.1) is 0 Å². The fourth-order valence-electron chi connectivity index (χ4n) is 1.87. The first-order chi connectivity index (χ1) is 9.49. The van der Waals surface area contributed by atoms with Crippen molar-refractivity contribution >= 4 is 5.84 Å². The first kappa shape index (κ1) is 14.1. The van der Waals surface area contributed by atoms with Gasteiger partial charge in [-0.05, 0) is 37.1 Å². The number of aryl methyl sites for hydroxylation is 1. The van der Waals surface area contributed by atoms with E-state index < -0.39 is 5.82 Å². The molecule has 0 amide bonds. The number of hydrogen-bond donors (Lipinski definition) is 2.